The number of hydrogen-bond donors (Lipinski definition) is 0. The molecule has 0 fully saturated rings. The molecule has 0 amide bonds. The van der Waals surface area contributed by atoms with Gasteiger partial charge in [-0.3, -0.25) is 4.90 Å². The Balaban J connectivity index is 4.63. The van der Waals surface area contributed by atoms with Crippen LogP contribution >= 0.6 is 0 Å². The number of nitrogens with zero attached hydrogens (tertiary/aromatic N) is 1. The molecule has 1 nitrogen and oxygen atoms in total. The predicted octanol–water partition coefficient (Wildman–Crippen LogP) is 12.7. The van der Waals surface area contributed by atoms with Crippen LogP contribution in [0.1, 0.15) is 209 Å². The van der Waals surface area contributed by atoms with Crippen LogP contribution in [0, 0.1) is 0 Å². The highest BCUT2D eigenvalue weighted by atomic mass is 15.2. The summed E-state index contributed by atoms with van der Waals surface area (Å²) >= 11 is 0. The second kappa shape index (κ2) is 24.0. The van der Waals surface area contributed by atoms with Crippen molar-refractivity contribution >= 4 is 0 Å². The highest BCUT2D eigenvalue weighted by Crippen LogP contribution is 2.34. The third-order valence-electron chi connectivity index (χ3n) is 8.73. The number of unbranched alkanes of at least 4 members (excludes halogenated alkanes) is 20. The van der Waals surface area contributed by atoms with E-state index in [1.54, 1.807) is 0 Å². The first-order chi connectivity index (χ1) is 17.3. The molecular formula is C35H73N. The van der Waals surface area contributed by atoms with Gasteiger partial charge in [-0.05, 0) is 53.5 Å². The van der Waals surface area contributed by atoms with Crippen LogP contribution in [-0.2, 0) is 0 Å². The minimum Gasteiger partial charge on any atom is -0.293 e. The fourth-order valence-corrected chi connectivity index (χ4v) is 6.30. The molecule has 218 valence electrons. The van der Waals surface area contributed by atoms with Crippen molar-refractivity contribution in [3.05, 3.63) is 0 Å². The fraction of sp³-hybridized carbons (Fsp3) is 1.00. The first-order valence-electron chi connectivity index (χ1n) is 17.1. The maximum atomic E-state index is 2.95. The van der Waals surface area contributed by atoms with Crippen molar-refractivity contribution in [2.45, 2.75) is 220 Å². The summed E-state index contributed by atoms with van der Waals surface area (Å²) in [6.07, 6.45) is 35.4. The maximum Gasteiger partial charge on any atom is 0.0158 e. The predicted molar refractivity (Wildman–Crippen MR) is 167 cm³/mol. The van der Waals surface area contributed by atoms with Crippen molar-refractivity contribution in [1.29, 1.82) is 0 Å². The molecule has 0 N–H and O–H groups in total. The summed E-state index contributed by atoms with van der Waals surface area (Å²) in [5.41, 5.74) is 0.627. The van der Waals surface area contributed by atoms with Gasteiger partial charge in [-0.1, -0.05) is 162 Å². The Morgan fingerprint density at radius 1 is 0.333 bits per heavy atom. The Morgan fingerprint density at radius 3 is 0.889 bits per heavy atom. The van der Waals surface area contributed by atoms with E-state index < -0.39 is 0 Å². The third kappa shape index (κ3) is 20.0. The van der Waals surface area contributed by atoms with Crippen molar-refractivity contribution in [2.75, 3.05) is 6.54 Å². The Hall–Kier alpha value is -0.0400. The van der Waals surface area contributed by atoms with Crippen LogP contribution in [0.3, 0.4) is 0 Å². The smallest absolute Gasteiger partial charge is 0.0158 e. The molecular weight excluding hydrogens is 434 g/mol. The Bertz CT molecular complexity index is 408. The molecule has 0 bridgehead atoms. The van der Waals surface area contributed by atoms with Gasteiger partial charge in [-0.15, -0.1) is 0 Å². The zero-order valence-electron chi connectivity index (χ0n) is 26.8. The van der Waals surface area contributed by atoms with E-state index in [1.807, 2.05) is 0 Å². The van der Waals surface area contributed by atoms with E-state index in [0.29, 0.717) is 11.1 Å². The van der Waals surface area contributed by atoms with E-state index in [4.69, 9.17) is 0 Å². The molecule has 0 saturated carbocycles. The molecule has 0 unspecified atom stereocenters. The minimum atomic E-state index is 0.314. The Morgan fingerprint density at radius 2 is 0.583 bits per heavy atom. The van der Waals surface area contributed by atoms with E-state index in [2.05, 4.69) is 53.4 Å². The summed E-state index contributed by atoms with van der Waals surface area (Å²) < 4.78 is 0. The van der Waals surface area contributed by atoms with Crippen molar-refractivity contribution < 1.29 is 0 Å². The van der Waals surface area contributed by atoms with E-state index in [-0.39, 0.29) is 0 Å². The first kappa shape index (κ1) is 36.0. The van der Waals surface area contributed by atoms with Gasteiger partial charge in [0.05, 0.1) is 0 Å². The van der Waals surface area contributed by atoms with Crippen molar-refractivity contribution in [3.8, 4) is 0 Å². The monoisotopic (exact) mass is 508 g/mol. The molecule has 0 saturated heterocycles. The summed E-state index contributed by atoms with van der Waals surface area (Å²) in [5.74, 6) is 0. The zero-order valence-corrected chi connectivity index (χ0v) is 26.8. The average Bonchev–Trinajstić information content (AvgIpc) is 2.83. The standard InChI is InChI=1S/C35H73N/c1-8-11-14-17-20-21-24-27-30-33-36(34(4,5)31-28-25-22-18-15-12-9-2)35(6,7)32-29-26-23-19-16-13-10-3/h8-33H2,1-7H3. The second-order valence-corrected chi connectivity index (χ2v) is 13.3. The van der Waals surface area contributed by atoms with Gasteiger partial charge in [-0.2, -0.15) is 0 Å². The molecule has 36 heavy (non-hydrogen) atoms. The third-order valence-corrected chi connectivity index (χ3v) is 8.73. The fourth-order valence-electron chi connectivity index (χ4n) is 6.30. The molecule has 0 aliphatic rings. The summed E-state index contributed by atoms with van der Waals surface area (Å²) in [6.45, 7) is 18.5. The SMILES string of the molecule is CCCCCCCCCCCN(C(C)(C)CCCCCCCCC)C(C)(C)CCCCCCCCC. The second-order valence-electron chi connectivity index (χ2n) is 13.3. The highest BCUT2D eigenvalue weighted by molar-refractivity contribution is 4.92. The van der Waals surface area contributed by atoms with Gasteiger partial charge in [0.1, 0.15) is 0 Å². The summed E-state index contributed by atoms with van der Waals surface area (Å²) in [7, 11) is 0. The van der Waals surface area contributed by atoms with Gasteiger partial charge < -0.3 is 0 Å². The van der Waals surface area contributed by atoms with E-state index in [1.165, 1.54) is 167 Å². The van der Waals surface area contributed by atoms with E-state index in [0.717, 1.165) is 0 Å². The molecule has 0 rings (SSSR count). The summed E-state index contributed by atoms with van der Waals surface area (Å²) in [4.78, 5) is 2.95. The van der Waals surface area contributed by atoms with Crippen LogP contribution in [0.5, 0.6) is 0 Å². The molecule has 0 aliphatic heterocycles. The van der Waals surface area contributed by atoms with Gasteiger partial charge in [0.25, 0.3) is 0 Å². The highest BCUT2D eigenvalue weighted by Gasteiger charge is 2.36. The van der Waals surface area contributed by atoms with Gasteiger partial charge in [0.2, 0.25) is 0 Å². The van der Waals surface area contributed by atoms with Crippen LogP contribution in [-0.4, -0.2) is 22.5 Å². The Kier molecular flexibility index (Phi) is 24.0. The average molecular weight is 508 g/mol. The Labute approximate surface area is 231 Å². The van der Waals surface area contributed by atoms with Gasteiger partial charge in [0.15, 0.2) is 0 Å². The van der Waals surface area contributed by atoms with Crippen molar-refractivity contribution in [1.82, 2.24) is 4.90 Å². The molecule has 0 spiro atoms. The molecule has 0 heterocycles. The summed E-state index contributed by atoms with van der Waals surface area (Å²) in [6, 6.07) is 0. The molecule has 0 aromatic heterocycles. The quantitative estimate of drug-likeness (QED) is 0.0951. The lowest BCUT2D eigenvalue weighted by Gasteiger charge is -2.49. The number of rotatable bonds is 28. The van der Waals surface area contributed by atoms with Gasteiger partial charge in [-0.25, -0.2) is 0 Å². The van der Waals surface area contributed by atoms with Crippen molar-refractivity contribution in [2.24, 2.45) is 0 Å². The molecule has 0 atom stereocenters. The van der Waals surface area contributed by atoms with Crippen LogP contribution in [0.25, 0.3) is 0 Å². The van der Waals surface area contributed by atoms with Crippen LogP contribution in [0.4, 0.5) is 0 Å². The van der Waals surface area contributed by atoms with Gasteiger partial charge >= 0.3 is 0 Å². The van der Waals surface area contributed by atoms with Crippen molar-refractivity contribution in [3.63, 3.8) is 0 Å². The molecule has 0 aromatic carbocycles. The maximum absolute atomic E-state index is 2.95. The van der Waals surface area contributed by atoms with Crippen LogP contribution in [0.15, 0.2) is 0 Å². The normalized spacial score (nSPS) is 12.7. The van der Waals surface area contributed by atoms with E-state index in [9.17, 15) is 0 Å². The van der Waals surface area contributed by atoms with E-state index >= 15 is 0 Å². The van der Waals surface area contributed by atoms with Crippen LogP contribution in [0.2, 0.25) is 0 Å². The topological polar surface area (TPSA) is 3.24 Å². The zero-order chi connectivity index (χ0) is 27.0. The lowest BCUT2D eigenvalue weighted by Crippen LogP contribution is -2.55. The molecule has 1 heteroatoms. The summed E-state index contributed by atoms with van der Waals surface area (Å²) in [5, 5.41) is 0. The largest absolute Gasteiger partial charge is 0.293 e. The number of hydrogen-bond acceptors (Lipinski definition) is 1. The lowest BCUT2D eigenvalue weighted by molar-refractivity contribution is 0.00151. The minimum absolute atomic E-state index is 0.314. The molecule has 0 aliphatic carbocycles. The molecule has 0 radical (unpaired) electrons. The van der Waals surface area contributed by atoms with Gasteiger partial charge in [0, 0.05) is 11.1 Å². The first-order valence-corrected chi connectivity index (χ1v) is 17.1. The lowest BCUT2D eigenvalue weighted by atomic mass is 9.85. The molecule has 0 aromatic rings. The van der Waals surface area contributed by atoms with Crippen LogP contribution < -0.4 is 0 Å².